The summed E-state index contributed by atoms with van der Waals surface area (Å²) in [5.41, 5.74) is 3.13. The van der Waals surface area contributed by atoms with Crippen LogP contribution >= 0.6 is 0 Å². The molecule has 1 atom stereocenters. The number of nitrogens with zero attached hydrogens (tertiary/aromatic N) is 1. The van der Waals surface area contributed by atoms with Crippen molar-refractivity contribution in [2.45, 2.75) is 58.4 Å². The first-order chi connectivity index (χ1) is 9.69. The Bertz CT molecular complexity index is 478. The molecule has 1 aliphatic heterocycles. The van der Waals surface area contributed by atoms with Crippen LogP contribution in [0.2, 0.25) is 0 Å². The van der Waals surface area contributed by atoms with Gasteiger partial charge in [0.25, 0.3) is 0 Å². The molecule has 1 aromatic carbocycles. The Balaban J connectivity index is 1.86. The molecule has 1 heterocycles. The molecule has 0 radical (unpaired) electrons. The van der Waals surface area contributed by atoms with Crippen molar-refractivity contribution in [1.82, 2.24) is 4.90 Å². The fraction of sp³-hybridized carbons (Fsp3) is 0.667. The molecule has 2 aliphatic rings. The Morgan fingerprint density at radius 1 is 1.30 bits per heavy atom. The fourth-order valence-corrected chi connectivity index (χ4v) is 4.25. The van der Waals surface area contributed by atoms with Crippen LogP contribution in [0.5, 0.6) is 5.75 Å². The number of phenols is 1. The minimum Gasteiger partial charge on any atom is -0.508 e. The number of likely N-dealkylation sites (tertiary alicyclic amines) is 1. The quantitative estimate of drug-likeness (QED) is 0.888. The third kappa shape index (κ3) is 2.24. The Hall–Kier alpha value is -1.02. The van der Waals surface area contributed by atoms with Crippen LogP contribution < -0.4 is 0 Å². The van der Waals surface area contributed by atoms with Crippen LogP contribution in [0.4, 0.5) is 0 Å². The van der Waals surface area contributed by atoms with Gasteiger partial charge < -0.3 is 5.11 Å². The monoisotopic (exact) mass is 273 g/mol. The highest BCUT2D eigenvalue weighted by Gasteiger charge is 2.39. The number of hydrogen-bond donors (Lipinski definition) is 1. The number of phenolic OH excluding ortho intramolecular Hbond substituents is 1. The van der Waals surface area contributed by atoms with E-state index >= 15 is 0 Å². The van der Waals surface area contributed by atoms with E-state index in [4.69, 9.17) is 0 Å². The molecule has 1 fully saturated rings. The zero-order valence-electron chi connectivity index (χ0n) is 12.9. The zero-order valence-corrected chi connectivity index (χ0v) is 12.9. The molecule has 3 rings (SSSR count). The molecule has 0 bridgehead atoms. The van der Waals surface area contributed by atoms with Crippen LogP contribution in [-0.2, 0) is 6.42 Å². The van der Waals surface area contributed by atoms with E-state index in [0.717, 1.165) is 6.42 Å². The summed E-state index contributed by atoms with van der Waals surface area (Å²) in [5.74, 6) is 0.503. The standard InChI is InChI=1S/C18H27NO/c1-3-18(4-2)11-12-19(13-18)16-9-5-8-15-14(16)7-6-10-17(15)20/h6-7,10,16,20H,3-5,8-9,11-13H2,1-2H3. The smallest absolute Gasteiger partial charge is 0.119 e. The van der Waals surface area contributed by atoms with Gasteiger partial charge >= 0.3 is 0 Å². The normalized spacial score (nSPS) is 25.6. The van der Waals surface area contributed by atoms with Gasteiger partial charge in [0, 0.05) is 12.6 Å². The Morgan fingerprint density at radius 3 is 2.80 bits per heavy atom. The van der Waals surface area contributed by atoms with Crippen LogP contribution in [0, 0.1) is 5.41 Å². The summed E-state index contributed by atoms with van der Waals surface area (Å²) in [6, 6.07) is 6.62. The molecule has 2 heteroatoms. The van der Waals surface area contributed by atoms with E-state index in [1.54, 1.807) is 0 Å². The molecule has 1 aliphatic carbocycles. The minimum absolute atomic E-state index is 0.503. The van der Waals surface area contributed by atoms with Crippen molar-refractivity contribution in [2.24, 2.45) is 5.41 Å². The van der Waals surface area contributed by atoms with E-state index in [9.17, 15) is 5.11 Å². The van der Waals surface area contributed by atoms with E-state index in [2.05, 4.69) is 24.8 Å². The lowest BCUT2D eigenvalue weighted by Crippen LogP contribution is -2.32. The average molecular weight is 273 g/mol. The molecule has 0 spiro atoms. The van der Waals surface area contributed by atoms with Gasteiger partial charge in [0.05, 0.1) is 0 Å². The third-order valence-corrected chi connectivity index (χ3v) is 5.86. The lowest BCUT2D eigenvalue weighted by molar-refractivity contribution is 0.179. The summed E-state index contributed by atoms with van der Waals surface area (Å²) in [7, 11) is 0. The van der Waals surface area contributed by atoms with Crippen LogP contribution in [-0.4, -0.2) is 23.1 Å². The van der Waals surface area contributed by atoms with Crippen LogP contribution in [0.25, 0.3) is 0 Å². The predicted molar refractivity (Wildman–Crippen MR) is 83.0 cm³/mol. The predicted octanol–water partition coefficient (Wildman–Crippen LogP) is 4.28. The number of benzene rings is 1. The molecule has 1 saturated heterocycles. The van der Waals surface area contributed by atoms with E-state index in [-0.39, 0.29) is 0 Å². The maximum absolute atomic E-state index is 10.1. The van der Waals surface area contributed by atoms with Gasteiger partial charge in [-0.2, -0.15) is 0 Å². The maximum atomic E-state index is 10.1. The molecule has 0 saturated carbocycles. The molecule has 1 unspecified atom stereocenters. The molecular weight excluding hydrogens is 246 g/mol. The summed E-state index contributed by atoms with van der Waals surface area (Å²) < 4.78 is 0. The Kier molecular flexibility index (Phi) is 3.76. The van der Waals surface area contributed by atoms with Gasteiger partial charge in [0.1, 0.15) is 5.75 Å². The highest BCUT2D eigenvalue weighted by molar-refractivity contribution is 5.42. The van der Waals surface area contributed by atoms with Gasteiger partial charge in [0.2, 0.25) is 0 Å². The highest BCUT2D eigenvalue weighted by Crippen LogP contribution is 2.44. The molecule has 20 heavy (non-hydrogen) atoms. The summed E-state index contributed by atoms with van der Waals surface area (Å²) >= 11 is 0. The highest BCUT2D eigenvalue weighted by atomic mass is 16.3. The summed E-state index contributed by atoms with van der Waals surface area (Å²) in [6.45, 7) is 7.14. The van der Waals surface area contributed by atoms with Gasteiger partial charge in [-0.15, -0.1) is 0 Å². The van der Waals surface area contributed by atoms with Crippen molar-refractivity contribution in [1.29, 1.82) is 0 Å². The van der Waals surface area contributed by atoms with Crippen molar-refractivity contribution < 1.29 is 5.11 Å². The lowest BCUT2D eigenvalue weighted by atomic mass is 9.81. The lowest BCUT2D eigenvalue weighted by Gasteiger charge is -2.35. The third-order valence-electron chi connectivity index (χ3n) is 5.86. The summed E-state index contributed by atoms with van der Waals surface area (Å²) in [6.07, 6.45) is 7.42. The molecule has 1 aromatic rings. The van der Waals surface area contributed by atoms with Gasteiger partial charge in [-0.3, -0.25) is 4.90 Å². The summed E-state index contributed by atoms with van der Waals surface area (Å²) in [4.78, 5) is 2.68. The first kappa shape index (κ1) is 13.9. The second-order valence-corrected chi connectivity index (χ2v) is 6.68. The molecule has 0 aromatic heterocycles. The molecule has 1 N–H and O–H groups in total. The fourth-order valence-electron chi connectivity index (χ4n) is 4.25. The van der Waals surface area contributed by atoms with E-state index in [1.165, 1.54) is 56.3 Å². The van der Waals surface area contributed by atoms with E-state index < -0.39 is 0 Å². The molecule has 0 amide bonds. The summed E-state index contributed by atoms with van der Waals surface area (Å²) in [5, 5.41) is 10.1. The van der Waals surface area contributed by atoms with Gasteiger partial charge in [-0.1, -0.05) is 26.0 Å². The van der Waals surface area contributed by atoms with Crippen molar-refractivity contribution in [3.63, 3.8) is 0 Å². The topological polar surface area (TPSA) is 23.5 Å². The van der Waals surface area contributed by atoms with Crippen LogP contribution in [0.15, 0.2) is 18.2 Å². The number of hydrogen-bond acceptors (Lipinski definition) is 2. The van der Waals surface area contributed by atoms with Crippen LogP contribution in [0.3, 0.4) is 0 Å². The van der Waals surface area contributed by atoms with E-state index in [0.29, 0.717) is 17.2 Å². The first-order valence-corrected chi connectivity index (χ1v) is 8.24. The zero-order chi connectivity index (χ0) is 14.2. The van der Waals surface area contributed by atoms with E-state index in [1.807, 2.05) is 12.1 Å². The maximum Gasteiger partial charge on any atom is 0.119 e. The second kappa shape index (κ2) is 5.40. The van der Waals surface area contributed by atoms with Crippen LogP contribution in [0.1, 0.15) is 63.1 Å². The molecule has 110 valence electrons. The number of rotatable bonds is 3. The second-order valence-electron chi connectivity index (χ2n) is 6.68. The van der Waals surface area contributed by atoms with Crippen molar-refractivity contribution in [3.8, 4) is 5.75 Å². The SMILES string of the molecule is CCC1(CC)CCN(C2CCCc3c(O)cccc32)C1. The molecular formula is C18H27NO. The Labute approximate surface area is 122 Å². The van der Waals surface area contributed by atoms with Gasteiger partial charge in [-0.05, 0) is 67.7 Å². The molecule has 2 nitrogen and oxygen atoms in total. The minimum atomic E-state index is 0.503. The average Bonchev–Trinajstić information content (AvgIpc) is 2.92. The number of fused-ring (bicyclic) bond motifs is 1. The first-order valence-electron chi connectivity index (χ1n) is 8.24. The van der Waals surface area contributed by atoms with Crippen molar-refractivity contribution in [2.75, 3.05) is 13.1 Å². The van der Waals surface area contributed by atoms with Gasteiger partial charge in [-0.25, -0.2) is 0 Å². The van der Waals surface area contributed by atoms with Crippen molar-refractivity contribution in [3.05, 3.63) is 29.3 Å². The number of aromatic hydroxyl groups is 1. The Morgan fingerprint density at radius 2 is 2.10 bits per heavy atom. The largest absolute Gasteiger partial charge is 0.508 e. The van der Waals surface area contributed by atoms with Gasteiger partial charge in [0.15, 0.2) is 0 Å². The van der Waals surface area contributed by atoms with Crippen molar-refractivity contribution >= 4 is 0 Å².